The van der Waals surface area contributed by atoms with Crippen LogP contribution in [0.15, 0.2) is 28.7 Å². The second kappa shape index (κ2) is 7.03. The van der Waals surface area contributed by atoms with E-state index < -0.39 is 0 Å². The molecule has 1 aromatic rings. The Morgan fingerprint density at radius 1 is 1.26 bits per heavy atom. The van der Waals surface area contributed by atoms with Gasteiger partial charge in [0.2, 0.25) is 5.91 Å². The smallest absolute Gasteiger partial charge is 0.238 e. The van der Waals surface area contributed by atoms with Crippen molar-refractivity contribution in [2.45, 2.75) is 19.4 Å². The number of carbonyl (C=O) groups excluding carboxylic acids is 1. The minimum absolute atomic E-state index is 0.0257. The molecule has 1 amide bonds. The molecule has 0 saturated heterocycles. The lowest BCUT2D eigenvalue weighted by Crippen LogP contribution is -2.48. The minimum atomic E-state index is -0.0307. The zero-order valence-corrected chi connectivity index (χ0v) is 13.5. The first kappa shape index (κ1) is 16.1. The monoisotopic (exact) mass is 327 g/mol. The van der Waals surface area contributed by atoms with Crippen molar-refractivity contribution in [1.82, 2.24) is 10.2 Å². The Bertz CT molecular complexity index is 415. The van der Waals surface area contributed by atoms with Crippen LogP contribution in [0, 0.1) is 0 Å². The third-order valence-electron chi connectivity index (χ3n) is 3.18. The minimum Gasteiger partial charge on any atom is -0.325 e. The number of benzene rings is 1. The lowest BCUT2D eigenvalue weighted by atomic mass is 10.0. The highest BCUT2D eigenvalue weighted by atomic mass is 79.9. The summed E-state index contributed by atoms with van der Waals surface area (Å²) in [5.74, 6) is -0.0307. The maximum Gasteiger partial charge on any atom is 0.238 e. The Morgan fingerprint density at radius 3 is 2.37 bits per heavy atom. The molecule has 19 heavy (non-hydrogen) atoms. The normalized spacial score (nSPS) is 11.7. The van der Waals surface area contributed by atoms with Crippen LogP contribution in [0.2, 0.25) is 0 Å². The molecule has 2 N–H and O–H groups in total. The van der Waals surface area contributed by atoms with Gasteiger partial charge in [-0.15, -0.1) is 0 Å². The van der Waals surface area contributed by atoms with E-state index in [4.69, 9.17) is 0 Å². The van der Waals surface area contributed by atoms with E-state index in [1.807, 2.05) is 38.4 Å². The molecule has 0 atom stereocenters. The summed E-state index contributed by atoms with van der Waals surface area (Å²) in [5, 5.41) is 6.02. The SMILES string of the molecule is CN(C)C(C)(C)CNCC(=O)Nc1ccc(Br)cc1. The Hall–Kier alpha value is -0.910. The van der Waals surface area contributed by atoms with E-state index in [-0.39, 0.29) is 11.4 Å². The van der Waals surface area contributed by atoms with Gasteiger partial charge in [0, 0.05) is 22.2 Å². The fraction of sp³-hybridized carbons (Fsp3) is 0.500. The van der Waals surface area contributed by atoms with Crippen molar-refractivity contribution in [1.29, 1.82) is 0 Å². The molecular weight excluding hydrogens is 306 g/mol. The van der Waals surface area contributed by atoms with Crippen molar-refractivity contribution in [3.8, 4) is 0 Å². The summed E-state index contributed by atoms with van der Waals surface area (Å²) in [6, 6.07) is 7.54. The van der Waals surface area contributed by atoms with Gasteiger partial charge in [0.1, 0.15) is 0 Å². The molecule has 0 unspecified atom stereocenters. The first-order chi connectivity index (χ1) is 8.81. The average Bonchev–Trinajstić information content (AvgIpc) is 2.31. The fourth-order valence-electron chi connectivity index (χ4n) is 1.38. The molecule has 0 spiro atoms. The predicted octanol–water partition coefficient (Wildman–Crippen LogP) is 2.32. The molecule has 5 heteroatoms. The molecule has 106 valence electrons. The van der Waals surface area contributed by atoms with Crippen molar-refractivity contribution in [2.75, 3.05) is 32.5 Å². The zero-order valence-electron chi connectivity index (χ0n) is 12.0. The van der Waals surface area contributed by atoms with Crippen LogP contribution in [-0.4, -0.2) is 43.5 Å². The second-order valence-electron chi connectivity index (χ2n) is 5.37. The van der Waals surface area contributed by atoms with Gasteiger partial charge in [0.05, 0.1) is 6.54 Å². The van der Waals surface area contributed by atoms with E-state index in [1.54, 1.807) is 0 Å². The zero-order chi connectivity index (χ0) is 14.5. The van der Waals surface area contributed by atoms with Crippen LogP contribution in [-0.2, 0) is 4.79 Å². The molecule has 1 aromatic carbocycles. The van der Waals surface area contributed by atoms with Gasteiger partial charge in [-0.2, -0.15) is 0 Å². The first-order valence-corrected chi connectivity index (χ1v) is 7.04. The van der Waals surface area contributed by atoms with Gasteiger partial charge < -0.3 is 15.5 Å². The molecule has 0 heterocycles. The fourth-order valence-corrected chi connectivity index (χ4v) is 1.64. The second-order valence-corrected chi connectivity index (χ2v) is 6.28. The Morgan fingerprint density at radius 2 is 1.84 bits per heavy atom. The van der Waals surface area contributed by atoms with E-state index in [9.17, 15) is 4.79 Å². The number of nitrogens with zero attached hydrogens (tertiary/aromatic N) is 1. The number of carbonyl (C=O) groups is 1. The molecule has 0 aliphatic carbocycles. The van der Waals surface area contributed by atoms with Gasteiger partial charge in [-0.3, -0.25) is 4.79 Å². The largest absolute Gasteiger partial charge is 0.325 e. The maximum atomic E-state index is 11.8. The van der Waals surface area contributed by atoms with Crippen molar-refractivity contribution in [2.24, 2.45) is 0 Å². The van der Waals surface area contributed by atoms with Crippen LogP contribution in [0.1, 0.15) is 13.8 Å². The van der Waals surface area contributed by atoms with E-state index in [0.717, 1.165) is 16.7 Å². The predicted molar refractivity (Wildman–Crippen MR) is 83.4 cm³/mol. The molecular formula is C14H22BrN3O. The molecule has 0 aromatic heterocycles. The lowest BCUT2D eigenvalue weighted by Gasteiger charge is -2.32. The van der Waals surface area contributed by atoms with Crippen LogP contribution < -0.4 is 10.6 Å². The Labute approximate surface area is 123 Å². The summed E-state index contributed by atoms with van der Waals surface area (Å²) < 4.78 is 0.997. The van der Waals surface area contributed by atoms with Gasteiger partial charge in [-0.05, 0) is 52.2 Å². The number of likely N-dealkylation sites (N-methyl/N-ethyl adjacent to an activating group) is 1. The Kier molecular flexibility index (Phi) is 5.97. The van der Waals surface area contributed by atoms with Crippen molar-refractivity contribution >= 4 is 27.5 Å². The standard InChI is InChI=1S/C14H22BrN3O/c1-14(2,18(3)4)10-16-9-13(19)17-12-7-5-11(15)6-8-12/h5-8,16H,9-10H2,1-4H3,(H,17,19). The number of hydrogen-bond donors (Lipinski definition) is 2. The number of hydrogen-bond acceptors (Lipinski definition) is 3. The number of halogens is 1. The van der Waals surface area contributed by atoms with Crippen LogP contribution in [0.3, 0.4) is 0 Å². The summed E-state index contributed by atoms with van der Waals surface area (Å²) in [7, 11) is 4.06. The van der Waals surface area contributed by atoms with Crippen molar-refractivity contribution in [3.63, 3.8) is 0 Å². The number of rotatable bonds is 6. The summed E-state index contributed by atoms with van der Waals surface area (Å²) >= 11 is 3.36. The third-order valence-corrected chi connectivity index (χ3v) is 3.71. The molecule has 4 nitrogen and oxygen atoms in total. The summed E-state index contributed by atoms with van der Waals surface area (Å²) in [6.45, 7) is 5.33. The molecule has 0 fully saturated rings. The van der Waals surface area contributed by atoms with Gasteiger partial charge >= 0.3 is 0 Å². The first-order valence-electron chi connectivity index (χ1n) is 6.25. The molecule has 0 radical (unpaired) electrons. The highest BCUT2D eigenvalue weighted by Gasteiger charge is 2.19. The van der Waals surface area contributed by atoms with Gasteiger partial charge in [-0.25, -0.2) is 0 Å². The van der Waals surface area contributed by atoms with Crippen molar-refractivity contribution in [3.05, 3.63) is 28.7 Å². The number of nitrogens with one attached hydrogen (secondary N) is 2. The highest BCUT2D eigenvalue weighted by molar-refractivity contribution is 9.10. The van der Waals surface area contributed by atoms with Crippen LogP contribution in [0.25, 0.3) is 0 Å². The number of anilines is 1. The lowest BCUT2D eigenvalue weighted by molar-refractivity contribution is -0.115. The van der Waals surface area contributed by atoms with Gasteiger partial charge in [0.15, 0.2) is 0 Å². The summed E-state index contributed by atoms with van der Waals surface area (Å²) in [5.41, 5.74) is 0.833. The van der Waals surface area contributed by atoms with Crippen LogP contribution in [0.5, 0.6) is 0 Å². The van der Waals surface area contributed by atoms with E-state index >= 15 is 0 Å². The van der Waals surface area contributed by atoms with E-state index in [0.29, 0.717) is 6.54 Å². The van der Waals surface area contributed by atoms with Crippen molar-refractivity contribution < 1.29 is 4.79 Å². The summed E-state index contributed by atoms with van der Waals surface area (Å²) in [4.78, 5) is 13.9. The quantitative estimate of drug-likeness (QED) is 0.842. The highest BCUT2D eigenvalue weighted by Crippen LogP contribution is 2.13. The van der Waals surface area contributed by atoms with E-state index in [2.05, 4.69) is 45.3 Å². The van der Waals surface area contributed by atoms with Crippen LogP contribution >= 0.6 is 15.9 Å². The third kappa shape index (κ3) is 5.72. The average molecular weight is 328 g/mol. The van der Waals surface area contributed by atoms with Crippen LogP contribution in [0.4, 0.5) is 5.69 Å². The van der Waals surface area contributed by atoms with E-state index in [1.165, 1.54) is 0 Å². The molecule has 0 saturated carbocycles. The summed E-state index contributed by atoms with van der Waals surface area (Å²) in [6.07, 6.45) is 0. The number of amides is 1. The van der Waals surface area contributed by atoms with Gasteiger partial charge in [-0.1, -0.05) is 15.9 Å². The van der Waals surface area contributed by atoms with Gasteiger partial charge in [0.25, 0.3) is 0 Å². The molecule has 0 aliphatic rings. The topological polar surface area (TPSA) is 44.4 Å². The molecule has 0 aliphatic heterocycles. The molecule has 1 rings (SSSR count). The maximum absolute atomic E-state index is 11.8. The Balaban J connectivity index is 2.34. The molecule has 0 bridgehead atoms.